The summed E-state index contributed by atoms with van der Waals surface area (Å²) in [6.45, 7) is 2.95. The van der Waals surface area contributed by atoms with Crippen LogP contribution < -0.4 is 0 Å². The second kappa shape index (κ2) is 4.67. The van der Waals surface area contributed by atoms with Gasteiger partial charge in [0.05, 0.1) is 12.4 Å². The van der Waals surface area contributed by atoms with Gasteiger partial charge < -0.3 is 0 Å². The molecule has 0 aliphatic carbocycles. The Kier molecular flexibility index (Phi) is 3.81. The smallest absolute Gasteiger partial charge is 0.166 e. The number of rotatable bonds is 4. The largest absolute Gasteiger partial charge is 0.227 e. The maximum absolute atomic E-state index is 5.63. The maximum Gasteiger partial charge on any atom is 0.166 e. The SMILES string of the molecule is CSC(C)Cn1nnnc1CCl. The number of alkyl halides is 1. The van der Waals surface area contributed by atoms with Crippen molar-refractivity contribution in [1.82, 2.24) is 20.2 Å². The average Bonchev–Trinajstić information content (AvgIpc) is 2.51. The van der Waals surface area contributed by atoms with Gasteiger partial charge in [-0.15, -0.1) is 16.7 Å². The highest BCUT2D eigenvalue weighted by Crippen LogP contribution is 2.08. The highest BCUT2D eigenvalue weighted by atomic mass is 35.5. The molecule has 0 saturated heterocycles. The van der Waals surface area contributed by atoms with Crippen molar-refractivity contribution in [2.75, 3.05) is 6.26 Å². The van der Waals surface area contributed by atoms with Gasteiger partial charge in [-0.3, -0.25) is 0 Å². The molecular weight excluding hydrogens is 196 g/mol. The molecule has 68 valence electrons. The number of aromatic nitrogens is 4. The van der Waals surface area contributed by atoms with Crippen LogP contribution in [0.5, 0.6) is 0 Å². The van der Waals surface area contributed by atoms with Crippen molar-refractivity contribution in [3.63, 3.8) is 0 Å². The molecular formula is C6H11ClN4S. The van der Waals surface area contributed by atoms with Gasteiger partial charge in [0.15, 0.2) is 5.82 Å². The van der Waals surface area contributed by atoms with E-state index in [1.807, 2.05) is 0 Å². The lowest BCUT2D eigenvalue weighted by Crippen LogP contribution is -2.12. The van der Waals surface area contributed by atoms with Crippen LogP contribution in [0.25, 0.3) is 0 Å². The van der Waals surface area contributed by atoms with Crippen molar-refractivity contribution in [2.45, 2.75) is 24.6 Å². The Hall–Kier alpha value is -0.290. The van der Waals surface area contributed by atoms with E-state index in [0.717, 1.165) is 12.4 Å². The Labute approximate surface area is 80.7 Å². The summed E-state index contributed by atoms with van der Waals surface area (Å²) in [4.78, 5) is 0. The van der Waals surface area contributed by atoms with Gasteiger partial charge in [-0.25, -0.2) is 4.68 Å². The Morgan fingerprint density at radius 3 is 3.00 bits per heavy atom. The first-order valence-corrected chi connectivity index (χ1v) is 5.44. The molecule has 1 unspecified atom stereocenters. The van der Waals surface area contributed by atoms with Crippen LogP contribution in [0.4, 0.5) is 0 Å². The summed E-state index contributed by atoms with van der Waals surface area (Å²) in [5.41, 5.74) is 0. The molecule has 0 aromatic carbocycles. The van der Waals surface area contributed by atoms with E-state index in [1.54, 1.807) is 16.4 Å². The number of tetrazole rings is 1. The quantitative estimate of drug-likeness (QED) is 0.694. The van der Waals surface area contributed by atoms with Gasteiger partial charge in [0.1, 0.15) is 0 Å². The molecule has 1 aromatic heterocycles. The lowest BCUT2D eigenvalue weighted by molar-refractivity contribution is 0.572. The molecule has 0 N–H and O–H groups in total. The molecule has 1 atom stereocenters. The van der Waals surface area contributed by atoms with Crippen LogP contribution in [0.1, 0.15) is 12.7 Å². The van der Waals surface area contributed by atoms with Crippen molar-refractivity contribution in [2.24, 2.45) is 0 Å². The van der Waals surface area contributed by atoms with Gasteiger partial charge in [0, 0.05) is 5.25 Å². The number of nitrogens with zero attached hydrogens (tertiary/aromatic N) is 4. The third-order valence-corrected chi connectivity index (χ3v) is 2.75. The monoisotopic (exact) mass is 206 g/mol. The summed E-state index contributed by atoms with van der Waals surface area (Å²) < 4.78 is 1.74. The maximum atomic E-state index is 5.63. The molecule has 12 heavy (non-hydrogen) atoms. The van der Waals surface area contributed by atoms with Gasteiger partial charge in [0.25, 0.3) is 0 Å². The molecule has 0 bridgehead atoms. The lowest BCUT2D eigenvalue weighted by atomic mass is 10.5. The lowest BCUT2D eigenvalue weighted by Gasteiger charge is -2.07. The van der Waals surface area contributed by atoms with Crippen LogP contribution >= 0.6 is 23.4 Å². The average molecular weight is 207 g/mol. The summed E-state index contributed by atoms with van der Waals surface area (Å²) in [7, 11) is 0. The zero-order valence-corrected chi connectivity index (χ0v) is 8.64. The van der Waals surface area contributed by atoms with E-state index in [4.69, 9.17) is 11.6 Å². The fraction of sp³-hybridized carbons (Fsp3) is 0.833. The zero-order valence-electron chi connectivity index (χ0n) is 7.07. The third-order valence-electron chi connectivity index (χ3n) is 1.56. The second-order valence-corrected chi connectivity index (χ2v) is 4.00. The van der Waals surface area contributed by atoms with Crippen molar-refractivity contribution in [1.29, 1.82) is 0 Å². The normalized spacial score (nSPS) is 13.2. The van der Waals surface area contributed by atoms with Crippen LogP contribution in [0.2, 0.25) is 0 Å². The third kappa shape index (κ3) is 2.35. The number of thioether (sulfide) groups is 1. The van der Waals surface area contributed by atoms with E-state index in [2.05, 4.69) is 28.7 Å². The fourth-order valence-corrected chi connectivity index (χ4v) is 1.26. The van der Waals surface area contributed by atoms with Crippen LogP contribution in [0, 0.1) is 0 Å². The zero-order chi connectivity index (χ0) is 8.97. The van der Waals surface area contributed by atoms with Crippen LogP contribution in [-0.2, 0) is 12.4 Å². The predicted molar refractivity (Wildman–Crippen MR) is 50.4 cm³/mol. The Balaban J connectivity index is 2.61. The number of halogens is 1. The molecule has 1 aromatic rings. The molecule has 1 rings (SSSR count). The minimum atomic E-state index is 0.369. The van der Waals surface area contributed by atoms with Crippen molar-refractivity contribution < 1.29 is 0 Å². The molecule has 1 heterocycles. The molecule has 0 radical (unpaired) electrons. The number of hydrogen-bond acceptors (Lipinski definition) is 4. The van der Waals surface area contributed by atoms with Crippen LogP contribution in [-0.4, -0.2) is 31.7 Å². The molecule has 6 heteroatoms. The Morgan fingerprint density at radius 2 is 2.42 bits per heavy atom. The second-order valence-electron chi connectivity index (χ2n) is 2.46. The van der Waals surface area contributed by atoms with E-state index in [-0.39, 0.29) is 0 Å². The first-order chi connectivity index (χ1) is 5.77. The van der Waals surface area contributed by atoms with Crippen LogP contribution in [0.3, 0.4) is 0 Å². The summed E-state index contributed by atoms with van der Waals surface area (Å²) in [6.07, 6.45) is 2.06. The van der Waals surface area contributed by atoms with Crippen molar-refractivity contribution >= 4 is 23.4 Å². The molecule has 0 aliphatic rings. The van der Waals surface area contributed by atoms with Gasteiger partial charge in [-0.05, 0) is 16.7 Å². The van der Waals surface area contributed by atoms with Gasteiger partial charge in [-0.2, -0.15) is 11.8 Å². The summed E-state index contributed by atoms with van der Waals surface area (Å²) in [5.74, 6) is 1.10. The summed E-state index contributed by atoms with van der Waals surface area (Å²) in [6, 6.07) is 0. The fourth-order valence-electron chi connectivity index (χ4n) is 0.779. The van der Waals surface area contributed by atoms with E-state index in [9.17, 15) is 0 Å². The standard InChI is InChI=1S/C6H11ClN4S/c1-5(12-2)4-11-6(3-7)8-9-10-11/h5H,3-4H2,1-2H3. The van der Waals surface area contributed by atoms with E-state index >= 15 is 0 Å². The van der Waals surface area contributed by atoms with E-state index in [1.165, 1.54) is 0 Å². The van der Waals surface area contributed by atoms with Gasteiger partial charge in [0.2, 0.25) is 0 Å². The first-order valence-electron chi connectivity index (χ1n) is 3.61. The Bertz CT molecular complexity index is 239. The Morgan fingerprint density at radius 1 is 1.67 bits per heavy atom. The van der Waals surface area contributed by atoms with Crippen molar-refractivity contribution in [3.8, 4) is 0 Å². The topological polar surface area (TPSA) is 43.6 Å². The highest BCUT2D eigenvalue weighted by Gasteiger charge is 2.07. The summed E-state index contributed by atoms with van der Waals surface area (Å²) in [5, 5.41) is 11.7. The molecule has 4 nitrogen and oxygen atoms in total. The minimum Gasteiger partial charge on any atom is -0.227 e. The van der Waals surface area contributed by atoms with Gasteiger partial charge in [-0.1, -0.05) is 6.92 Å². The van der Waals surface area contributed by atoms with Crippen molar-refractivity contribution in [3.05, 3.63) is 5.82 Å². The highest BCUT2D eigenvalue weighted by molar-refractivity contribution is 7.99. The van der Waals surface area contributed by atoms with Crippen LogP contribution in [0.15, 0.2) is 0 Å². The first kappa shape index (κ1) is 9.80. The summed E-state index contributed by atoms with van der Waals surface area (Å²) >= 11 is 7.41. The molecule has 0 amide bonds. The number of hydrogen-bond donors (Lipinski definition) is 0. The minimum absolute atomic E-state index is 0.369. The molecule has 0 aliphatic heterocycles. The molecule has 0 spiro atoms. The molecule has 0 saturated carbocycles. The predicted octanol–water partition coefficient (Wildman–Crippen LogP) is 1.16. The molecule has 0 fully saturated rings. The van der Waals surface area contributed by atoms with Gasteiger partial charge >= 0.3 is 0 Å². The van der Waals surface area contributed by atoms with E-state index in [0.29, 0.717) is 11.1 Å². The van der Waals surface area contributed by atoms with E-state index < -0.39 is 0 Å².